The Kier molecular flexibility index (Phi) is 7.51. The van der Waals surface area contributed by atoms with Crippen LogP contribution in [0.1, 0.15) is 50.7 Å². The highest BCUT2D eigenvalue weighted by atomic mass is 16.7. The summed E-state index contributed by atoms with van der Waals surface area (Å²) in [6, 6.07) is 6.46. The lowest BCUT2D eigenvalue weighted by atomic mass is 10.0. The monoisotopic (exact) mass is 250 g/mol. The smallest absolute Gasteiger partial charge is 0.189 e. The lowest BCUT2D eigenvalue weighted by Crippen LogP contribution is -2.03. The van der Waals surface area contributed by atoms with E-state index < -0.39 is 0 Å². The third-order valence-electron chi connectivity index (χ3n) is 3.06. The molecule has 102 valence electrons. The Morgan fingerprint density at radius 1 is 1.06 bits per heavy atom. The van der Waals surface area contributed by atoms with Crippen LogP contribution in [0.5, 0.6) is 5.75 Å². The second kappa shape index (κ2) is 8.98. The molecule has 1 aromatic carbocycles. The number of benzene rings is 1. The highest BCUT2D eigenvalue weighted by molar-refractivity contribution is 5.36. The highest BCUT2D eigenvalue weighted by Gasteiger charge is 2.01. The molecule has 0 atom stereocenters. The van der Waals surface area contributed by atoms with Crippen LogP contribution in [0.4, 0.5) is 0 Å². The molecule has 0 N–H and O–H groups in total. The van der Waals surface area contributed by atoms with Crippen molar-refractivity contribution in [2.24, 2.45) is 0 Å². The Hall–Kier alpha value is -1.02. The fraction of sp³-hybridized carbons (Fsp3) is 0.625. The molecule has 2 heteroatoms. The summed E-state index contributed by atoms with van der Waals surface area (Å²) in [5, 5.41) is 0. The Bertz CT molecular complexity index is 334. The molecule has 1 aromatic rings. The van der Waals surface area contributed by atoms with Crippen LogP contribution < -0.4 is 4.74 Å². The summed E-state index contributed by atoms with van der Waals surface area (Å²) < 4.78 is 10.7. The van der Waals surface area contributed by atoms with Crippen molar-refractivity contribution in [3.63, 3.8) is 0 Å². The van der Waals surface area contributed by atoms with E-state index in [9.17, 15) is 0 Å². The van der Waals surface area contributed by atoms with Crippen molar-refractivity contribution in [2.75, 3.05) is 13.4 Å². The largest absolute Gasteiger partial charge is 0.467 e. The number of rotatable bonds is 9. The van der Waals surface area contributed by atoms with Crippen LogP contribution >= 0.6 is 0 Å². The predicted molar refractivity (Wildman–Crippen MR) is 76.1 cm³/mol. The molecule has 0 amide bonds. The van der Waals surface area contributed by atoms with Gasteiger partial charge in [-0.1, -0.05) is 38.3 Å². The van der Waals surface area contributed by atoms with Crippen LogP contribution in [0, 0.1) is 6.92 Å². The van der Waals surface area contributed by atoms with E-state index in [1.54, 1.807) is 0 Å². The second-order valence-electron chi connectivity index (χ2n) is 4.67. The summed E-state index contributed by atoms with van der Waals surface area (Å²) in [6.45, 7) is 7.34. The van der Waals surface area contributed by atoms with Crippen molar-refractivity contribution in [1.29, 1.82) is 0 Å². The van der Waals surface area contributed by atoms with Crippen molar-refractivity contribution < 1.29 is 9.47 Å². The number of aryl methyl sites for hydroxylation is 2. The van der Waals surface area contributed by atoms with Crippen molar-refractivity contribution in [3.8, 4) is 5.75 Å². The SMILES string of the molecule is CCCCCCc1ccc(OCOCC)c(C)c1. The first kappa shape index (κ1) is 15.0. The molecule has 0 aliphatic heterocycles. The van der Waals surface area contributed by atoms with Crippen LogP contribution in [0.3, 0.4) is 0 Å². The van der Waals surface area contributed by atoms with E-state index in [0.717, 1.165) is 5.75 Å². The van der Waals surface area contributed by atoms with Gasteiger partial charge < -0.3 is 9.47 Å². The van der Waals surface area contributed by atoms with Gasteiger partial charge in [0, 0.05) is 6.61 Å². The third-order valence-corrected chi connectivity index (χ3v) is 3.06. The van der Waals surface area contributed by atoms with Crippen LogP contribution in [0.25, 0.3) is 0 Å². The first-order chi connectivity index (χ1) is 8.77. The first-order valence-electron chi connectivity index (χ1n) is 7.08. The van der Waals surface area contributed by atoms with Gasteiger partial charge in [0.1, 0.15) is 5.75 Å². The molecular weight excluding hydrogens is 224 g/mol. The Morgan fingerprint density at radius 2 is 1.89 bits per heavy atom. The molecule has 0 aliphatic carbocycles. The molecule has 0 saturated heterocycles. The predicted octanol–water partition coefficient (Wildman–Crippen LogP) is 4.49. The molecule has 1 rings (SSSR count). The maximum atomic E-state index is 5.55. The van der Waals surface area contributed by atoms with E-state index in [1.165, 1.54) is 43.2 Å². The Labute approximate surface area is 111 Å². The number of ether oxygens (including phenoxy) is 2. The molecule has 0 radical (unpaired) electrons. The topological polar surface area (TPSA) is 18.5 Å². The second-order valence-corrected chi connectivity index (χ2v) is 4.67. The van der Waals surface area contributed by atoms with E-state index in [0.29, 0.717) is 13.4 Å². The van der Waals surface area contributed by atoms with Gasteiger partial charge in [0.2, 0.25) is 0 Å². The molecule has 0 unspecified atom stereocenters. The van der Waals surface area contributed by atoms with Gasteiger partial charge >= 0.3 is 0 Å². The summed E-state index contributed by atoms with van der Waals surface area (Å²) in [4.78, 5) is 0. The molecule has 2 nitrogen and oxygen atoms in total. The van der Waals surface area contributed by atoms with Gasteiger partial charge in [-0.25, -0.2) is 0 Å². The van der Waals surface area contributed by atoms with Gasteiger partial charge in [-0.2, -0.15) is 0 Å². The van der Waals surface area contributed by atoms with E-state index >= 15 is 0 Å². The van der Waals surface area contributed by atoms with Gasteiger partial charge in [0.15, 0.2) is 6.79 Å². The molecule has 0 heterocycles. The minimum atomic E-state index is 0.340. The zero-order valence-corrected chi connectivity index (χ0v) is 12.0. The van der Waals surface area contributed by atoms with Crippen LogP contribution in [-0.4, -0.2) is 13.4 Å². The lowest BCUT2D eigenvalue weighted by Gasteiger charge is -2.10. The van der Waals surface area contributed by atoms with E-state index in [4.69, 9.17) is 9.47 Å². The molecule has 0 aromatic heterocycles. The quantitative estimate of drug-likeness (QED) is 0.475. The minimum Gasteiger partial charge on any atom is -0.467 e. The van der Waals surface area contributed by atoms with Crippen molar-refractivity contribution in [1.82, 2.24) is 0 Å². The molecule has 0 bridgehead atoms. The van der Waals surface area contributed by atoms with Crippen LogP contribution in [-0.2, 0) is 11.2 Å². The standard InChI is InChI=1S/C16H26O2/c1-4-6-7-8-9-15-10-11-16(14(3)12-15)18-13-17-5-2/h10-12H,4-9,13H2,1-3H3. The van der Waals surface area contributed by atoms with Gasteiger partial charge in [-0.15, -0.1) is 0 Å². The maximum absolute atomic E-state index is 5.55. The molecule has 18 heavy (non-hydrogen) atoms. The molecule has 0 spiro atoms. The van der Waals surface area contributed by atoms with E-state index in [2.05, 4.69) is 32.0 Å². The third kappa shape index (κ3) is 5.54. The van der Waals surface area contributed by atoms with Gasteiger partial charge in [0.25, 0.3) is 0 Å². The van der Waals surface area contributed by atoms with E-state index in [1.807, 2.05) is 6.92 Å². The van der Waals surface area contributed by atoms with Crippen molar-refractivity contribution >= 4 is 0 Å². The highest BCUT2D eigenvalue weighted by Crippen LogP contribution is 2.20. The van der Waals surface area contributed by atoms with Crippen molar-refractivity contribution in [2.45, 2.75) is 52.9 Å². The van der Waals surface area contributed by atoms with E-state index in [-0.39, 0.29) is 0 Å². The zero-order chi connectivity index (χ0) is 13.2. The molecule has 0 saturated carbocycles. The zero-order valence-electron chi connectivity index (χ0n) is 12.0. The van der Waals surface area contributed by atoms with Gasteiger partial charge in [-0.3, -0.25) is 0 Å². The Balaban J connectivity index is 2.41. The lowest BCUT2D eigenvalue weighted by molar-refractivity contribution is 0.0220. The molecule has 0 fully saturated rings. The average Bonchev–Trinajstić information content (AvgIpc) is 2.37. The fourth-order valence-corrected chi connectivity index (χ4v) is 1.97. The fourth-order valence-electron chi connectivity index (χ4n) is 1.97. The van der Waals surface area contributed by atoms with Gasteiger partial charge in [0.05, 0.1) is 0 Å². The maximum Gasteiger partial charge on any atom is 0.189 e. The first-order valence-corrected chi connectivity index (χ1v) is 7.08. The minimum absolute atomic E-state index is 0.340. The summed E-state index contributed by atoms with van der Waals surface area (Å²) in [6.07, 6.45) is 6.43. The molecule has 0 aliphatic rings. The normalized spacial score (nSPS) is 10.6. The van der Waals surface area contributed by atoms with Gasteiger partial charge in [-0.05, 0) is 43.9 Å². The average molecular weight is 250 g/mol. The number of hydrogen-bond acceptors (Lipinski definition) is 2. The summed E-state index contributed by atoms with van der Waals surface area (Å²) >= 11 is 0. The Morgan fingerprint density at radius 3 is 2.56 bits per heavy atom. The summed E-state index contributed by atoms with van der Waals surface area (Å²) in [5.74, 6) is 0.931. The van der Waals surface area contributed by atoms with Crippen LogP contribution in [0.2, 0.25) is 0 Å². The van der Waals surface area contributed by atoms with Crippen LogP contribution in [0.15, 0.2) is 18.2 Å². The summed E-state index contributed by atoms with van der Waals surface area (Å²) in [7, 11) is 0. The number of hydrogen-bond donors (Lipinski definition) is 0. The van der Waals surface area contributed by atoms with Crippen molar-refractivity contribution in [3.05, 3.63) is 29.3 Å². The molecular formula is C16H26O2. The summed E-state index contributed by atoms with van der Waals surface area (Å²) in [5.41, 5.74) is 2.61. The number of unbranched alkanes of at least 4 members (excludes halogenated alkanes) is 3.